The normalized spacial score (nSPS) is 11.7. The first-order valence-electron chi connectivity index (χ1n) is 11.8. The molecule has 0 fully saturated rings. The van der Waals surface area contributed by atoms with Gasteiger partial charge in [-0.25, -0.2) is 4.98 Å². The van der Waals surface area contributed by atoms with Crippen molar-refractivity contribution in [3.05, 3.63) is 72.3 Å². The number of aromatic nitrogens is 1. The standard InChI is InChI=1S/C27H29N5OS/c1-3-5-7-20-8-17-25-26(19-20)34-27(28-25)32-31-22-11-9-21(10-12-22)29-30-23-13-15-24(16-14-23)33-18-6-4-2/h8-17,19H,3-7,18H2,1-2H3/b30-29+,32-31+. The summed E-state index contributed by atoms with van der Waals surface area (Å²) < 4.78 is 6.82. The number of hydrogen-bond acceptors (Lipinski definition) is 7. The van der Waals surface area contributed by atoms with Crippen LogP contribution in [-0.2, 0) is 6.42 Å². The lowest BCUT2D eigenvalue weighted by atomic mass is 10.1. The van der Waals surface area contributed by atoms with E-state index in [0.29, 0.717) is 5.13 Å². The fourth-order valence-electron chi connectivity index (χ4n) is 3.28. The Morgan fingerprint density at radius 1 is 0.735 bits per heavy atom. The molecule has 0 saturated heterocycles. The average molecular weight is 472 g/mol. The lowest BCUT2D eigenvalue weighted by Gasteiger charge is -2.04. The molecule has 0 radical (unpaired) electrons. The molecule has 0 aliphatic heterocycles. The van der Waals surface area contributed by atoms with Gasteiger partial charge in [-0.1, -0.05) is 44.1 Å². The molecule has 3 aromatic carbocycles. The van der Waals surface area contributed by atoms with Crippen LogP contribution < -0.4 is 4.74 Å². The second-order valence-corrected chi connectivity index (χ2v) is 9.02. The summed E-state index contributed by atoms with van der Waals surface area (Å²) in [5.74, 6) is 0.854. The minimum absolute atomic E-state index is 0.661. The smallest absolute Gasteiger partial charge is 0.231 e. The molecule has 4 aromatic rings. The highest BCUT2D eigenvalue weighted by Crippen LogP contribution is 2.31. The summed E-state index contributed by atoms with van der Waals surface area (Å²) in [6.07, 6.45) is 5.67. The zero-order chi connectivity index (χ0) is 23.6. The Kier molecular flexibility index (Phi) is 8.46. The van der Waals surface area contributed by atoms with E-state index >= 15 is 0 Å². The monoisotopic (exact) mass is 471 g/mol. The topological polar surface area (TPSA) is 71.6 Å². The molecule has 1 heterocycles. The van der Waals surface area contributed by atoms with E-state index in [-0.39, 0.29) is 0 Å². The summed E-state index contributed by atoms with van der Waals surface area (Å²) >= 11 is 1.57. The fraction of sp³-hybridized carbons (Fsp3) is 0.296. The summed E-state index contributed by atoms with van der Waals surface area (Å²) in [5, 5.41) is 17.9. The minimum Gasteiger partial charge on any atom is -0.494 e. The number of benzene rings is 3. The number of fused-ring (bicyclic) bond motifs is 1. The maximum Gasteiger partial charge on any atom is 0.231 e. The second kappa shape index (κ2) is 12.1. The lowest BCUT2D eigenvalue weighted by Crippen LogP contribution is -1.95. The van der Waals surface area contributed by atoms with Gasteiger partial charge in [0.1, 0.15) is 5.75 Å². The second-order valence-electron chi connectivity index (χ2n) is 8.01. The van der Waals surface area contributed by atoms with Gasteiger partial charge in [-0.2, -0.15) is 10.2 Å². The van der Waals surface area contributed by atoms with Crippen molar-refractivity contribution in [1.82, 2.24) is 4.98 Å². The number of nitrogens with zero attached hydrogens (tertiary/aromatic N) is 5. The molecule has 7 heteroatoms. The Morgan fingerprint density at radius 3 is 2.00 bits per heavy atom. The molecule has 34 heavy (non-hydrogen) atoms. The number of aryl methyl sites for hydroxylation is 1. The van der Waals surface area contributed by atoms with Crippen LogP contribution in [0.3, 0.4) is 0 Å². The van der Waals surface area contributed by atoms with Crippen LogP contribution in [-0.4, -0.2) is 11.6 Å². The molecule has 0 unspecified atom stereocenters. The maximum atomic E-state index is 5.67. The zero-order valence-corrected chi connectivity index (χ0v) is 20.5. The maximum absolute atomic E-state index is 5.67. The van der Waals surface area contributed by atoms with Crippen LogP contribution in [0, 0.1) is 0 Å². The van der Waals surface area contributed by atoms with Crippen LogP contribution in [0.1, 0.15) is 45.1 Å². The molecule has 0 amide bonds. The summed E-state index contributed by atoms with van der Waals surface area (Å²) in [6.45, 7) is 5.09. The van der Waals surface area contributed by atoms with E-state index in [2.05, 4.69) is 57.5 Å². The van der Waals surface area contributed by atoms with Gasteiger partial charge < -0.3 is 4.74 Å². The van der Waals surface area contributed by atoms with Crippen molar-refractivity contribution < 1.29 is 4.74 Å². The molecular formula is C27H29N5OS. The summed E-state index contributed by atoms with van der Waals surface area (Å²) in [7, 11) is 0. The van der Waals surface area contributed by atoms with Gasteiger partial charge in [0.15, 0.2) is 0 Å². The highest BCUT2D eigenvalue weighted by Gasteiger charge is 2.04. The quantitative estimate of drug-likeness (QED) is 0.161. The van der Waals surface area contributed by atoms with E-state index in [9.17, 15) is 0 Å². The van der Waals surface area contributed by atoms with Gasteiger partial charge in [0, 0.05) is 0 Å². The first-order valence-corrected chi connectivity index (χ1v) is 12.6. The third-order valence-corrected chi connectivity index (χ3v) is 6.15. The molecule has 0 bridgehead atoms. The molecule has 6 nitrogen and oxygen atoms in total. The number of ether oxygens (including phenoxy) is 1. The lowest BCUT2D eigenvalue weighted by molar-refractivity contribution is 0.309. The SMILES string of the molecule is CCCCOc1ccc(/N=N/c2ccc(/N=N/c3nc4ccc(CCCC)cc4s3)cc2)cc1. The van der Waals surface area contributed by atoms with Crippen molar-refractivity contribution in [2.24, 2.45) is 20.5 Å². The third-order valence-electron chi connectivity index (χ3n) is 5.25. The Morgan fingerprint density at radius 2 is 1.35 bits per heavy atom. The van der Waals surface area contributed by atoms with E-state index < -0.39 is 0 Å². The van der Waals surface area contributed by atoms with Crippen LogP contribution in [0.25, 0.3) is 10.2 Å². The Labute approximate surface area is 204 Å². The van der Waals surface area contributed by atoms with Crippen LogP contribution in [0.4, 0.5) is 22.2 Å². The molecule has 0 spiro atoms. The van der Waals surface area contributed by atoms with E-state index in [1.807, 2.05) is 48.5 Å². The molecule has 0 atom stereocenters. The molecule has 174 valence electrons. The Bertz CT molecular complexity index is 1250. The Hall–Kier alpha value is -3.45. The first-order chi connectivity index (χ1) is 16.7. The van der Waals surface area contributed by atoms with E-state index in [1.54, 1.807) is 11.3 Å². The average Bonchev–Trinajstić information content (AvgIpc) is 3.29. The predicted octanol–water partition coefficient (Wildman–Crippen LogP) is 9.65. The molecule has 0 aliphatic carbocycles. The van der Waals surface area contributed by atoms with E-state index in [1.165, 1.54) is 18.4 Å². The highest BCUT2D eigenvalue weighted by atomic mass is 32.1. The van der Waals surface area contributed by atoms with Gasteiger partial charge >= 0.3 is 0 Å². The number of unbranched alkanes of at least 4 members (excludes halogenated alkanes) is 2. The molecule has 0 aliphatic rings. The first kappa shape index (κ1) is 23.7. The van der Waals surface area contributed by atoms with Gasteiger partial charge in [0.05, 0.1) is 33.9 Å². The molecule has 0 N–H and O–H groups in total. The zero-order valence-electron chi connectivity index (χ0n) is 19.6. The third kappa shape index (κ3) is 6.78. The summed E-state index contributed by atoms with van der Waals surface area (Å²) in [6, 6.07) is 21.6. The van der Waals surface area contributed by atoms with Gasteiger partial charge in [0.2, 0.25) is 5.13 Å². The molecular weight excluding hydrogens is 442 g/mol. The van der Waals surface area contributed by atoms with Crippen molar-refractivity contribution in [2.45, 2.75) is 46.0 Å². The van der Waals surface area contributed by atoms with Crippen LogP contribution in [0.15, 0.2) is 87.2 Å². The van der Waals surface area contributed by atoms with Crippen molar-refractivity contribution in [2.75, 3.05) is 6.61 Å². The minimum atomic E-state index is 0.661. The van der Waals surface area contributed by atoms with Crippen LogP contribution >= 0.6 is 11.3 Å². The molecule has 4 rings (SSSR count). The summed E-state index contributed by atoms with van der Waals surface area (Å²) in [5.41, 5.74) is 4.59. The van der Waals surface area contributed by atoms with Gasteiger partial charge in [-0.15, -0.1) is 10.2 Å². The molecule has 1 aromatic heterocycles. The van der Waals surface area contributed by atoms with Gasteiger partial charge in [0.25, 0.3) is 0 Å². The van der Waals surface area contributed by atoms with Crippen molar-refractivity contribution >= 4 is 43.7 Å². The number of rotatable bonds is 11. The van der Waals surface area contributed by atoms with E-state index in [0.717, 1.165) is 58.9 Å². The number of thiazole rings is 1. The van der Waals surface area contributed by atoms with Crippen LogP contribution in [0.5, 0.6) is 5.75 Å². The highest BCUT2D eigenvalue weighted by molar-refractivity contribution is 7.21. The van der Waals surface area contributed by atoms with E-state index in [4.69, 9.17) is 4.74 Å². The molecule has 0 saturated carbocycles. The summed E-state index contributed by atoms with van der Waals surface area (Å²) in [4.78, 5) is 4.57. The number of hydrogen-bond donors (Lipinski definition) is 0. The van der Waals surface area contributed by atoms with Crippen molar-refractivity contribution in [3.63, 3.8) is 0 Å². The van der Waals surface area contributed by atoms with Gasteiger partial charge in [-0.3, -0.25) is 0 Å². The number of azo groups is 2. The van der Waals surface area contributed by atoms with Crippen molar-refractivity contribution in [3.8, 4) is 5.75 Å². The fourth-order valence-corrected chi connectivity index (χ4v) is 4.13. The van der Waals surface area contributed by atoms with Crippen molar-refractivity contribution in [1.29, 1.82) is 0 Å². The van der Waals surface area contributed by atoms with Gasteiger partial charge in [-0.05, 0) is 85.5 Å². The Balaban J connectivity index is 1.35. The predicted molar refractivity (Wildman–Crippen MR) is 140 cm³/mol. The van der Waals surface area contributed by atoms with Crippen LogP contribution in [0.2, 0.25) is 0 Å². The largest absolute Gasteiger partial charge is 0.494 e.